The number of rotatable bonds is 6. The molecule has 4 aromatic rings. The number of aliphatic carboxylic acids is 1. The van der Waals surface area contributed by atoms with E-state index in [2.05, 4.69) is 5.32 Å². The molecule has 162 valence electrons. The first-order valence-corrected chi connectivity index (χ1v) is 10.4. The summed E-state index contributed by atoms with van der Waals surface area (Å²) in [5, 5.41) is 13.6. The summed E-state index contributed by atoms with van der Waals surface area (Å²) >= 11 is 12.2. The van der Waals surface area contributed by atoms with Gasteiger partial charge in [-0.05, 0) is 66.2 Å². The number of amides is 1. The van der Waals surface area contributed by atoms with Gasteiger partial charge >= 0.3 is 5.97 Å². The number of anilines is 1. The predicted octanol–water partition coefficient (Wildman–Crippen LogP) is 6.16. The van der Waals surface area contributed by atoms with Crippen molar-refractivity contribution in [3.8, 4) is 11.5 Å². The first-order valence-electron chi connectivity index (χ1n) is 9.64. The maximum Gasteiger partial charge on any atom is 0.307 e. The lowest BCUT2D eigenvalue weighted by atomic mass is 10.1. The van der Waals surface area contributed by atoms with Gasteiger partial charge in [-0.15, -0.1) is 0 Å². The molecule has 8 heteroatoms. The highest BCUT2D eigenvalue weighted by Gasteiger charge is 2.14. The van der Waals surface area contributed by atoms with E-state index in [1.807, 2.05) is 23.7 Å². The summed E-state index contributed by atoms with van der Waals surface area (Å²) in [7, 11) is 1.83. The molecule has 0 atom stereocenters. The number of carbonyl (C=O) groups excluding carboxylic acids is 1. The Hall–Kier alpha value is -3.48. The van der Waals surface area contributed by atoms with Crippen molar-refractivity contribution in [3.63, 3.8) is 0 Å². The Balaban J connectivity index is 1.46. The van der Waals surface area contributed by atoms with Crippen LogP contribution in [0.2, 0.25) is 10.0 Å². The van der Waals surface area contributed by atoms with Crippen LogP contribution in [0, 0.1) is 0 Å². The van der Waals surface area contributed by atoms with Crippen LogP contribution in [0.15, 0.2) is 66.7 Å². The van der Waals surface area contributed by atoms with Gasteiger partial charge in [-0.2, -0.15) is 0 Å². The highest BCUT2D eigenvalue weighted by atomic mass is 35.5. The molecule has 1 heterocycles. The second-order valence-electron chi connectivity index (χ2n) is 7.21. The Morgan fingerprint density at radius 3 is 2.44 bits per heavy atom. The molecule has 32 heavy (non-hydrogen) atoms. The zero-order valence-corrected chi connectivity index (χ0v) is 18.4. The number of carbonyl (C=O) groups is 2. The third kappa shape index (κ3) is 4.72. The normalized spacial score (nSPS) is 10.8. The van der Waals surface area contributed by atoms with E-state index in [0.717, 1.165) is 10.9 Å². The molecular weight excluding hydrogens is 451 g/mol. The third-order valence-corrected chi connectivity index (χ3v) is 5.46. The zero-order chi connectivity index (χ0) is 22.8. The number of carboxylic acid groups (broad SMARTS) is 1. The smallest absolute Gasteiger partial charge is 0.307 e. The second-order valence-corrected chi connectivity index (χ2v) is 8.05. The number of aryl methyl sites for hydroxylation is 1. The van der Waals surface area contributed by atoms with E-state index in [1.54, 1.807) is 54.6 Å². The minimum absolute atomic E-state index is 0.113. The fraction of sp³-hybridized carbons (Fsp3) is 0.0833. The Morgan fingerprint density at radius 1 is 1.00 bits per heavy atom. The van der Waals surface area contributed by atoms with E-state index < -0.39 is 5.97 Å². The highest BCUT2D eigenvalue weighted by molar-refractivity contribution is 6.32. The number of ether oxygens (including phenoxy) is 1. The molecule has 0 unspecified atom stereocenters. The van der Waals surface area contributed by atoms with Crippen LogP contribution in [0.3, 0.4) is 0 Å². The quantitative estimate of drug-likeness (QED) is 0.355. The molecule has 1 amide bonds. The van der Waals surface area contributed by atoms with Crippen LogP contribution in [-0.2, 0) is 18.3 Å². The number of hydrogen-bond acceptors (Lipinski definition) is 3. The summed E-state index contributed by atoms with van der Waals surface area (Å²) in [6.45, 7) is 0. The van der Waals surface area contributed by atoms with E-state index in [0.29, 0.717) is 38.5 Å². The van der Waals surface area contributed by atoms with Gasteiger partial charge in [0.2, 0.25) is 0 Å². The van der Waals surface area contributed by atoms with E-state index in [1.165, 1.54) is 0 Å². The van der Waals surface area contributed by atoms with Crippen molar-refractivity contribution in [2.24, 2.45) is 7.05 Å². The largest absolute Gasteiger partial charge is 0.481 e. The first-order chi connectivity index (χ1) is 15.3. The van der Waals surface area contributed by atoms with Crippen LogP contribution in [0.4, 0.5) is 5.69 Å². The van der Waals surface area contributed by atoms with Gasteiger partial charge < -0.3 is 19.7 Å². The Labute approximate surface area is 193 Å². The van der Waals surface area contributed by atoms with Crippen LogP contribution in [0.25, 0.3) is 10.9 Å². The van der Waals surface area contributed by atoms with Crippen molar-refractivity contribution in [2.75, 3.05) is 5.32 Å². The van der Waals surface area contributed by atoms with Crippen LogP contribution in [0.5, 0.6) is 11.5 Å². The lowest BCUT2D eigenvalue weighted by Crippen LogP contribution is -2.15. The number of halogens is 2. The maximum atomic E-state index is 12.8. The average molecular weight is 469 g/mol. The number of aromatic nitrogens is 1. The van der Waals surface area contributed by atoms with Gasteiger partial charge in [0.15, 0.2) is 0 Å². The topological polar surface area (TPSA) is 80.6 Å². The van der Waals surface area contributed by atoms with Crippen LogP contribution in [0.1, 0.15) is 16.1 Å². The van der Waals surface area contributed by atoms with E-state index in [-0.39, 0.29) is 12.3 Å². The van der Waals surface area contributed by atoms with Gasteiger partial charge in [0.25, 0.3) is 5.91 Å². The van der Waals surface area contributed by atoms with Gasteiger partial charge in [0.05, 0.1) is 11.4 Å². The molecule has 6 nitrogen and oxygen atoms in total. The van der Waals surface area contributed by atoms with Crippen molar-refractivity contribution >= 4 is 51.7 Å². The molecule has 0 radical (unpaired) electrons. The van der Waals surface area contributed by atoms with Gasteiger partial charge in [0.1, 0.15) is 17.2 Å². The van der Waals surface area contributed by atoms with Crippen molar-refractivity contribution in [1.29, 1.82) is 0 Å². The number of nitrogens with zero attached hydrogens (tertiary/aromatic N) is 1. The first kappa shape index (κ1) is 21.7. The molecule has 0 bridgehead atoms. The lowest BCUT2D eigenvalue weighted by molar-refractivity contribution is -0.136. The highest BCUT2D eigenvalue weighted by Crippen LogP contribution is 2.31. The molecule has 0 saturated carbocycles. The summed E-state index contributed by atoms with van der Waals surface area (Å²) in [5.41, 5.74) is 2.61. The Bertz CT molecular complexity index is 1330. The van der Waals surface area contributed by atoms with Crippen LogP contribution >= 0.6 is 23.2 Å². The molecule has 0 spiro atoms. The number of carboxylic acids is 1. The number of hydrogen-bond donors (Lipinski definition) is 2. The number of benzene rings is 3. The van der Waals surface area contributed by atoms with Gasteiger partial charge in [-0.1, -0.05) is 29.3 Å². The molecule has 1 aromatic heterocycles. The van der Waals surface area contributed by atoms with Crippen molar-refractivity contribution in [2.45, 2.75) is 6.42 Å². The van der Waals surface area contributed by atoms with Crippen LogP contribution < -0.4 is 10.1 Å². The molecule has 0 aliphatic rings. The SMILES string of the molecule is Cn1c(C(=O)Nc2ccc(Oc3ccc(CC(=O)O)cc3Cl)cc2)cc2cc(Cl)ccc21. The van der Waals surface area contributed by atoms with Crippen molar-refractivity contribution < 1.29 is 19.4 Å². The number of nitrogens with one attached hydrogen (secondary N) is 1. The fourth-order valence-electron chi connectivity index (χ4n) is 3.38. The van der Waals surface area contributed by atoms with Gasteiger partial charge in [-0.25, -0.2) is 0 Å². The standard InChI is InChI=1S/C24H18Cl2N2O4/c1-28-20-8-3-16(25)12-15(20)13-21(28)24(31)27-17-4-6-18(7-5-17)32-22-9-2-14(10-19(22)26)11-23(29)30/h2-10,12-13H,11H2,1H3,(H,27,31)(H,29,30). The Morgan fingerprint density at radius 2 is 1.75 bits per heavy atom. The summed E-state index contributed by atoms with van der Waals surface area (Å²) in [4.78, 5) is 23.6. The van der Waals surface area contributed by atoms with Crippen molar-refractivity contribution in [1.82, 2.24) is 4.57 Å². The van der Waals surface area contributed by atoms with E-state index in [4.69, 9.17) is 33.0 Å². The van der Waals surface area contributed by atoms with E-state index >= 15 is 0 Å². The summed E-state index contributed by atoms with van der Waals surface area (Å²) in [6.07, 6.45) is -0.113. The average Bonchev–Trinajstić information content (AvgIpc) is 3.06. The molecule has 0 fully saturated rings. The summed E-state index contributed by atoms with van der Waals surface area (Å²) < 4.78 is 7.59. The zero-order valence-electron chi connectivity index (χ0n) is 16.9. The predicted molar refractivity (Wildman–Crippen MR) is 125 cm³/mol. The van der Waals surface area contributed by atoms with Gasteiger partial charge in [-0.3, -0.25) is 9.59 Å². The molecule has 3 aromatic carbocycles. The third-order valence-electron chi connectivity index (χ3n) is 4.93. The minimum Gasteiger partial charge on any atom is -0.481 e. The molecule has 0 saturated heterocycles. The molecule has 4 rings (SSSR count). The summed E-state index contributed by atoms with van der Waals surface area (Å²) in [5.74, 6) is -0.243. The molecule has 2 N–H and O–H groups in total. The molecular formula is C24H18Cl2N2O4. The lowest BCUT2D eigenvalue weighted by Gasteiger charge is -2.10. The molecule has 0 aliphatic heterocycles. The Kier molecular flexibility index (Phi) is 6.08. The van der Waals surface area contributed by atoms with Crippen molar-refractivity contribution in [3.05, 3.63) is 88.0 Å². The van der Waals surface area contributed by atoms with E-state index in [9.17, 15) is 9.59 Å². The monoisotopic (exact) mass is 468 g/mol. The number of fused-ring (bicyclic) bond motifs is 1. The second kappa shape index (κ2) is 8.94. The van der Waals surface area contributed by atoms with Gasteiger partial charge in [0, 0.05) is 28.7 Å². The fourth-order valence-corrected chi connectivity index (χ4v) is 3.80. The maximum absolute atomic E-state index is 12.8. The van der Waals surface area contributed by atoms with Crippen LogP contribution in [-0.4, -0.2) is 21.6 Å². The molecule has 0 aliphatic carbocycles. The minimum atomic E-state index is -0.931. The summed E-state index contributed by atoms with van der Waals surface area (Å²) in [6, 6.07) is 19.0.